The summed E-state index contributed by atoms with van der Waals surface area (Å²) >= 11 is 0. The summed E-state index contributed by atoms with van der Waals surface area (Å²) in [5.74, 6) is 2.39. The number of piperidine rings is 1. The van der Waals surface area contributed by atoms with Gasteiger partial charge in [0.1, 0.15) is 11.6 Å². The lowest BCUT2D eigenvalue weighted by Gasteiger charge is -2.32. The predicted molar refractivity (Wildman–Crippen MR) is 109 cm³/mol. The van der Waals surface area contributed by atoms with E-state index in [1.807, 2.05) is 58.3 Å². The first kappa shape index (κ1) is 18.4. The van der Waals surface area contributed by atoms with Crippen LogP contribution in [0.5, 0.6) is 0 Å². The number of rotatable bonds is 5. The van der Waals surface area contributed by atoms with E-state index in [4.69, 9.17) is 4.98 Å². The molecule has 2 aromatic heterocycles. The standard InChI is InChI=1S/C23H26N4O/c1-2-21-24-13-15-27(21)22-12-6-11-20(25-22)19-10-7-14-26(17-19)23(28)16-18-8-4-3-5-9-18/h3-6,8-9,11-13,15,19H,2,7,10,14,16-17H2,1H3. The molecule has 1 aliphatic rings. The van der Waals surface area contributed by atoms with Crippen LogP contribution in [0, 0.1) is 0 Å². The van der Waals surface area contributed by atoms with Crippen molar-refractivity contribution in [3.8, 4) is 5.82 Å². The molecule has 4 rings (SSSR count). The zero-order valence-corrected chi connectivity index (χ0v) is 16.3. The molecule has 0 radical (unpaired) electrons. The van der Waals surface area contributed by atoms with Gasteiger partial charge in [-0.25, -0.2) is 9.97 Å². The highest BCUT2D eigenvalue weighted by Crippen LogP contribution is 2.27. The van der Waals surface area contributed by atoms with E-state index in [-0.39, 0.29) is 11.8 Å². The largest absolute Gasteiger partial charge is 0.342 e. The molecule has 0 spiro atoms. The summed E-state index contributed by atoms with van der Waals surface area (Å²) in [6.45, 7) is 3.68. The van der Waals surface area contributed by atoms with Crippen LogP contribution >= 0.6 is 0 Å². The minimum atomic E-state index is 0.204. The second-order valence-corrected chi connectivity index (χ2v) is 7.33. The lowest BCUT2D eigenvalue weighted by atomic mass is 9.93. The minimum absolute atomic E-state index is 0.204. The quantitative estimate of drug-likeness (QED) is 0.683. The third-order valence-corrected chi connectivity index (χ3v) is 5.43. The topological polar surface area (TPSA) is 51.0 Å². The number of imidazole rings is 1. The minimum Gasteiger partial charge on any atom is -0.342 e. The predicted octanol–water partition coefficient (Wildman–Crippen LogP) is 3.78. The summed E-state index contributed by atoms with van der Waals surface area (Å²) in [6.07, 6.45) is 7.19. The normalized spacial score (nSPS) is 16.9. The van der Waals surface area contributed by atoms with Gasteiger partial charge in [-0.2, -0.15) is 0 Å². The van der Waals surface area contributed by atoms with Crippen molar-refractivity contribution < 1.29 is 4.79 Å². The second kappa shape index (κ2) is 8.38. The first-order valence-electron chi connectivity index (χ1n) is 10.1. The Kier molecular flexibility index (Phi) is 5.51. The summed E-state index contributed by atoms with van der Waals surface area (Å²) in [7, 11) is 0. The monoisotopic (exact) mass is 374 g/mol. The summed E-state index contributed by atoms with van der Waals surface area (Å²) < 4.78 is 2.05. The van der Waals surface area contributed by atoms with Gasteiger partial charge >= 0.3 is 0 Å². The van der Waals surface area contributed by atoms with Crippen LogP contribution in [0.15, 0.2) is 60.9 Å². The molecule has 3 heterocycles. The lowest BCUT2D eigenvalue weighted by molar-refractivity contribution is -0.131. The smallest absolute Gasteiger partial charge is 0.227 e. The molecule has 0 saturated carbocycles. The van der Waals surface area contributed by atoms with E-state index in [1.54, 1.807) is 0 Å². The van der Waals surface area contributed by atoms with E-state index in [2.05, 4.69) is 24.0 Å². The Bertz CT molecular complexity index is 935. The van der Waals surface area contributed by atoms with Crippen molar-refractivity contribution in [3.63, 3.8) is 0 Å². The van der Waals surface area contributed by atoms with E-state index in [1.165, 1.54) is 0 Å². The molecule has 5 nitrogen and oxygen atoms in total. The SMILES string of the molecule is CCc1nccn1-c1cccc(C2CCCN(C(=O)Cc3ccccc3)C2)n1. The van der Waals surface area contributed by atoms with E-state index in [0.29, 0.717) is 6.42 Å². The lowest BCUT2D eigenvalue weighted by Crippen LogP contribution is -2.40. The molecule has 5 heteroatoms. The number of amides is 1. The van der Waals surface area contributed by atoms with Crippen molar-refractivity contribution in [2.45, 2.75) is 38.5 Å². The highest BCUT2D eigenvalue weighted by Gasteiger charge is 2.26. The summed E-state index contributed by atoms with van der Waals surface area (Å²) in [4.78, 5) is 24.1. The number of pyridine rings is 1. The fraction of sp³-hybridized carbons (Fsp3) is 0.348. The molecule has 1 aromatic carbocycles. The molecule has 0 bridgehead atoms. The van der Waals surface area contributed by atoms with Gasteiger partial charge in [0.15, 0.2) is 0 Å². The van der Waals surface area contributed by atoms with Gasteiger partial charge in [-0.05, 0) is 30.5 Å². The molecule has 0 N–H and O–H groups in total. The number of nitrogens with zero attached hydrogens (tertiary/aromatic N) is 4. The molecule has 1 unspecified atom stereocenters. The van der Waals surface area contributed by atoms with Crippen molar-refractivity contribution in [2.24, 2.45) is 0 Å². The first-order chi connectivity index (χ1) is 13.7. The second-order valence-electron chi connectivity index (χ2n) is 7.33. The average molecular weight is 374 g/mol. The maximum atomic E-state index is 12.8. The number of hydrogen-bond acceptors (Lipinski definition) is 3. The van der Waals surface area contributed by atoms with Crippen LogP contribution in [0.1, 0.15) is 42.8 Å². The maximum absolute atomic E-state index is 12.8. The van der Waals surface area contributed by atoms with Crippen molar-refractivity contribution in [2.75, 3.05) is 13.1 Å². The molecule has 1 fully saturated rings. The summed E-state index contributed by atoms with van der Waals surface area (Å²) in [5, 5.41) is 0. The third-order valence-electron chi connectivity index (χ3n) is 5.43. The van der Waals surface area contributed by atoms with Gasteiger partial charge in [-0.15, -0.1) is 0 Å². The Morgan fingerprint density at radius 2 is 2.00 bits per heavy atom. The number of likely N-dealkylation sites (tertiary alicyclic amines) is 1. The number of aryl methyl sites for hydroxylation is 1. The molecule has 144 valence electrons. The van der Waals surface area contributed by atoms with Gasteiger partial charge in [-0.3, -0.25) is 9.36 Å². The highest BCUT2D eigenvalue weighted by molar-refractivity contribution is 5.79. The van der Waals surface area contributed by atoms with Crippen LogP contribution in [-0.2, 0) is 17.6 Å². The van der Waals surface area contributed by atoms with Crippen molar-refractivity contribution in [1.29, 1.82) is 0 Å². The third kappa shape index (κ3) is 3.98. The Balaban J connectivity index is 1.49. The molecular weight excluding hydrogens is 348 g/mol. The fourth-order valence-corrected chi connectivity index (χ4v) is 3.93. The van der Waals surface area contributed by atoms with Crippen LogP contribution in [0.4, 0.5) is 0 Å². The first-order valence-corrected chi connectivity index (χ1v) is 10.1. The van der Waals surface area contributed by atoms with Gasteiger partial charge in [0.25, 0.3) is 0 Å². The van der Waals surface area contributed by atoms with E-state index in [0.717, 1.165) is 55.3 Å². The van der Waals surface area contributed by atoms with Crippen LogP contribution in [0.25, 0.3) is 5.82 Å². The fourth-order valence-electron chi connectivity index (χ4n) is 3.93. The molecule has 1 saturated heterocycles. The molecule has 1 aliphatic heterocycles. The number of benzene rings is 1. The molecule has 0 aliphatic carbocycles. The van der Waals surface area contributed by atoms with Crippen molar-refractivity contribution in [3.05, 3.63) is 78.0 Å². The average Bonchev–Trinajstić information content (AvgIpc) is 3.24. The molecule has 1 amide bonds. The van der Waals surface area contributed by atoms with Crippen molar-refractivity contribution >= 4 is 5.91 Å². The van der Waals surface area contributed by atoms with Crippen LogP contribution in [0.2, 0.25) is 0 Å². The number of aromatic nitrogens is 3. The van der Waals surface area contributed by atoms with Crippen LogP contribution in [-0.4, -0.2) is 38.4 Å². The molecule has 3 aromatic rings. The van der Waals surface area contributed by atoms with Gasteiger partial charge < -0.3 is 4.90 Å². The molecule has 1 atom stereocenters. The Labute approximate surface area is 166 Å². The zero-order valence-electron chi connectivity index (χ0n) is 16.3. The maximum Gasteiger partial charge on any atom is 0.227 e. The van der Waals surface area contributed by atoms with Gasteiger partial charge in [0.05, 0.1) is 6.42 Å². The Morgan fingerprint density at radius 1 is 1.14 bits per heavy atom. The Hall–Kier alpha value is -2.95. The molecule has 28 heavy (non-hydrogen) atoms. The van der Waals surface area contributed by atoms with E-state index < -0.39 is 0 Å². The molecular formula is C23H26N4O. The number of hydrogen-bond donors (Lipinski definition) is 0. The van der Waals surface area contributed by atoms with Gasteiger partial charge in [-0.1, -0.05) is 43.3 Å². The van der Waals surface area contributed by atoms with E-state index >= 15 is 0 Å². The summed E-state index contributed by atoms with van der Waals surface area (Å²) in [5.41, 5.74) is 2.13. The van der Waals surface area contributed by atoms with E-state index in [9.17, 15) is 4.79 Å². The van der Waals surface area contributed by atoms with Crippen molar-refractivity contribution in [1.82, 2.24) is 19.4 Å². The van der Waals surface area contributed by atoms with Crippen LogP contribution in [0.3, 0.4) is 0 Å². The highest BCUT2D eigenvalue weighted by atomic mass is 16.2. The summed E-state index contributed by atoms with van der Waals surface area (Å²) in [6, 6.07) is 16.1. The number of carbonyl (C=O) groups excluding carboxylic acids is 1. The van der Waals surface area contributed by atoms with Gasteiger partial charge in [0, 0.05) is 43.5 Å². The Morgan fingerprint density at radius 3 is 2.82 bits per heavy atom. The van der Waals surface area contributed by atoms with Crippen LogP contribution < -0.4 is 0 Å². The van der Waals surface area contributed by atoms with Gasteiger partial charge in [0.2, 0.25) is 5.91 Å². The zero-order chi connectivity index (χ0) is 19.3. The number of carbonyl (C=O) groups is 1.